The molecule has 6 heteroatoms. The van der Waals surface area contributed by atoms with E-state index in [1.54, 1.807) is 0 Å². The van der Waals surface area contributed by atoms with Crippen LogP contribution >= 0.6 is 11.8 Å². The van der Waals surface area contributed by atoms with E-state index < -0.39 is 5.66 Å². The van der Waals surface area contributed by atoms with E-state index >= 15 is 0 Å². The summed E-state index contributed by atoms with van der Waals surface area (Å²) in [6.45, 7) is 16.0. The van der Waals surface area contributed by atoms with Gasteiger partial charge in [-0.05, 0) is 54.6 Å². The molecule has 0 bridgehead atoms. The number of anilines is 1. The van der Waals surface area contributed by atoms with Crippen molar-refractivity contribution in [2.45, 2.75) is 65.5 Å². The molecule has 2 aliphatic rings. The van der Waals surface area contributed by atoms with E-state index in [4.69, 9.17) is 9.98 Å². The number of piperidine rings is 1. The molecule has 0 atom stereocenters. The third kappa shape index (κ3) is 6.22. The van der Waals surface area contributed by atoms with Crippen molar-refractivity contribution in [3.63, 3.8) is 0 Å². The molecular weight excluding hydrogens is 452 g/mol. The summed E-state index contributed by atoms with van der Waals surface area (Å²) in [6.07, 6.45) is 1.84. The van der Waals surface area contributed by atoms with Crippen LogP contribution in [0, 0.1) is 13.8 Å². The van der Waals surface area contributed by atoms with Crippen LogP contribution in [0.2, 0.25) is 0 Å². The predicted octanol–water partition coefficient (Wildman–Crippen LogP) is 5.99. The topological polar surface area (TPSA) is 57.1 Å². The molecular formula is C29H38N4OS. The summed E-state index contributed by atoms with van der Waals surface area (Å²) in [5.74, 6) is 0.286. The minimum atomic E-state index is -0.393. The van der Waals surface area contributed by atoms with Crippen LogP contribution in [0.5, 0.6) is 0 Å². The first kappa shape index (κ1) is 25.6. The van der Waals surface area contributed by atoms with Gasteiger partial charge in [0.2, 0.25) is 5.91 Å². The maximum atomic E-state index is 12.8. The maximum Gasteiger partial charge on any atom is 0.234 e. The van der Waals surface area contributed by atoms with Gasteiger partial charge in [0.1, 0.15) is 5.04 Å². The van der Waals surface area contributed by atoms with Crippen LogP contribution in [0.3, 0.4) is 0 Å². The molecule has 1 saturated heterocycles. The lowest BCUT2D eigenvalue weighted by Crippen LogP contribution is -2.41. The summed E-state index contributed by atoms with van der Waals surface area (Å²) >= 11 is 1.50. The Bertz CT molecular complexity index is 1120. The molecule has 2 aromatic rings. The quantitative estimate of drug-likeness (QED) is 0.560. The highest BCUT2D eigenvalue weighted by Crippen LogP contribution is 2.36. The summed E-state index contributed by atoms with van der Waals surface area (Å²) in [7, 11) is 0. The molecule has 0 unspecified atom stereocenters. The average molecular weight is 491 g/mol. The summed E-state index contributed by atoms with van der Waals surface area (Å²) < 4.78 is 0. The molecule has 0 radical (unpaired) electrons. The zero-order valence-electron chi connectivity index (χ0n) is 21.9. The number of hydrogen-bond donors (Lipinski definition) is 1. The summed E-state index contributed by atoms with van der Waals surface area (Å²) in [4.78, 5) is 25.6. The molecule has 0 saturated carbocycles. The van der Waals surface area contributed by atoms with Crippen molar-refractivity contribution >= 4 is 34.1 Å². The second kappa shape index (κ2) is 10.3. The van der Waals surface area contributed by atoms with Gasteiger partial charge in [-0.25, -0.2) is 4.99 Å². The van der Waals surface area contributed by atoms with Gasteiger partial charge in [0.25, 0.3) is 0 Å². The Morgan fingerprint density at radius 3 is 2.23 bits per heavy atom. The molecule has 4 rings (SSSR count). The number of aryl methyl sites for hydroxylation is 2. The third-order valence-corrected chi connectivity index (χ3v) is 7.77. The van der Waals surface area contributed by atoms with Crippen molar-refractivity contribution in [3.05, 3.63) is 64.7 Å². The van der Waals surface area contributed by atoms with E-state index in [1.165, 1.54) is 17.3 Å². The van der Waals surface area contributed by atoms with Crippen molar-refractivity contribution in [1.29, 1.82) is 0 Å². The first-order valence-corrected chi connectivity index (χ1v) is 13.6. The molecule has 1 amide bonds. The first-order chi connectivity index (χ1) is 16.6. The van der Waals surface area contributed by atoms with Crippen molar-refractivity contribution in [2.75, 3.05) is 30.7 Å². The SMILES string of the molecule is CCN1CCC2(CC1)N=C(SCC(=O)Nc1cc(C)cc(C)c1)C(c1ccc(C(C)(C)C)cc1)=N2. The molecule has 2 heterocycles. The Labute approximate surface area is 214 Å². The van der Waals surface area contributed by atoms with Crippen molar-refractivity contribution in [1.82, 2.24) is 4.90 Å². The van der Waals surface area contributed by atoms with Crippen molar-refractivity contribution in [2.24, 2.45) is 9.98 Å². The van der Waals surface area contributed by atoms with E-state index in [1.807, 2.05) is 26.0 Å². The van der Waals surface area contributed by atoms with Crippen LogP contribution in [-0.4, -0.2) is 52.6 Å². The van der Waals surface area contributed by atoms with Gasteiger partial charge in [-0.3, -0.25) is 9.79 Å². The number of aliphatic imine (C=N–C) groups is 2. The second-order valence-electron chi connectivity index (χ2n) is 10.8. The van der Waals surface area contributed by atoms with Crippen LogP contribution < -0.4 is 5.32 Å². The van der Waals surface area contributed by atoms with Crippen LogP contribution in [0.1, 0.15) is 62.8 Å². The number of nitrogens with one attached hydrogen (secondary N) is 1. The lowest BCUT2D eigenvalue weighted by Gasteiger charge is -2.34. The number of nitrogens with zero attached hydrogens (tertiary/aromatic N) is 3. The van der Waals surface area contributed by atoms with Gasteiger partial charge in [0, 0.05) is 37.2 Å². The van der Waals surface area contributed by atoms with Crippen molar-refractivity contribution < 1.29 is 4.79 Å². The third-order valence-electron chi connectivity index (χ3n) is 6.81. The van der Waals surface area contributed by atoms with E-state index in [9.17, 15) is 4.79 Å². The average Bonchev–Trinajstić information content (AvgIpc) is 3.15. The molecule has 0 aliphatic carbocycles. The number of thioether (sulfide) groups is 1. The van der Waals surface area contributed by atoms with Gasteiger partial charge < -0.3 is 10.2 Å². The number of likely N-dealkylation sites (tertiary alicyclic amines) is 1. The largest absolute Gasteiger partial charge is 0.325 e. The smallest absolute Gasteiger partial charge is 0.234 e. The number of amides is 1. The second-order valence-corrected chi connectivity index (χ2v) is 11.8. The molecule has 186 valence electrons. The monoisotopic (exact) mass is 490 g/mol. The summed E-state index contributed by atoms with van der Waals surface area (Å²) in [5.41, 5.74) is 6.14. The number of hydrogen-bond acceptors (Lipinski definition) is 5. The predicted molar refractivity (Wildman–Crippen MR) is 150 cm³/mol. The minimum absolute atomic E-state index is 0.0214. The van der Waals surface area contributed by atoms with Gasteiger partial charge in [-0.1, -0.05) is 69.8 Å². The van der Waals surface area contributed by atoms with Gasteiger partial charge in [-0.2, -0.15) is 0 Å². The molecule has 1 spiro atoms. The Kier molecular flexibility index (Phi) is 7.53. The zero-order valence-corrected chi connectivity index (χ0v) is 22.8. The van der Waals surface area contributed by atoms with Crippen LogP contribution in [0.4, 0.5) is 5.69 Å². The number of carbonyl (C=O) groups excluding carboxylic acids is 1. The van der Waals surface area contributed by atoms with E-state index in [-0.39, 0.29) is 11.3 Å². The van der Waals surface area contributed by atoms with Gasteiger partial charge in [-0.15, -0.1) is 0 Å². The highest BCUT2D eigenvalue weighted by atomic mass is 32.2. The lowest BCUT2D eigenvalue weighted by atomic mass is 9.86. The molecule has 2 aromatic carbocycles. The van der Waals surface area contributed by atoms with Crippen LogP contribution in [0.15, 0.2) is 52.4 Å². The standard InChI is InChI=1S/C29H38N4OS/c1-7-33-14-12-29(13-15-33)31-26(22-8-10-23(11-9-22)28(4,5)6)27(32-29)35-19-25(34)30-24-17-20(2)16-21(3)18-24/h8-11,16-18H,7,12-15,19H2,1-6H3,(H,30,34). The Balaban J connectivity index is 1.53. The Morgan fingerprint density at radius 1 is 1.03 bits per heavy atom. The molecule has 35 heavy (non-hydrogen) atoms. The molecule has 1 fully saturated rings. The summed E-state index contributed by atoms with van der Waals surface area (Å²) in [6, 6.07) is 14.8. The summed E-state index contributed by atoms with van der Waals surface area (Å²) in [5, 5.41) is 3.93. The van der Waals surface area contributed by atoms with Crippen LogP contribution in [-0.2, 0) is 10.2 Å². The Morgan fingerprint density at radius 2 is 1.66 bits per heavy atom. The number of rotatable bonds is 5. The highest BCUT2D eigenvalue weighted by molar-refractivity contribution is 8.16. The zero-order chi connectivity index (χ0) is 25.2. The fraction of sp³-hybridized carbons (Fsp3) is 0.483. The normalized spacial score (nSPS) is 17.9. The molecule has 0 aromatic heterocycles. The fourth-order valence-electron chi connectivity index (χ4n) is 4.77. The van der Waals surface area contributed by atoms with Crippen LogP contribution in [0.25, 0.3) is 0 Å². The van der Waals surface area contributed by atoms with Gasteiger partial charge in [0.15, 0.2) is 5.66 Å². The lowest BCUT2D eigenvalue weighted by molar-refractivity contribution is -0.113. The Hall–Kier alpha value is -2.44. The highest BCUT2D eigenvalue weighted by Gasteiger charge is 2.39. The number of carbonyl (C=O) groups is 1. The van der Waals surface area contributed by atoms with E-state index in [2.05, 4.69) is 68.2 Å². The first-order valence-electron chi connectivity index (χ1n) is 12.6. The minimum Gasteiger partial charge on any atom is -0.325 e. The van der Waals surface area contributed by atoms with Gasteiger partial charge in [0.05, 0.1) is 11.5 Å². The van der Waals surface area contributed by atoms with Gasteiger partial charge >= 0.3 is 0 Å². The van der Waals surface area contributed by atoms with Crippen molar-refractivity contribution in [3.8, 4) is 0 Å². The fourth-order valence-corrected chi connectivity index (χ4v) is 5.64. The van der Waals surface area contributed by atoms with E-state index in [0.717, 1.165) is 65.6 Å². The molecule has 2 aliphatic heterocycles. The maximum absolute atomic E-state index is 12.8. The molecule has 1 N–H and O–H groups in total. The van der Waals surface area contributed by atoms with E-state index in [0.29, 0.717) is 5.75 Å². The number of benzene rings is 2. The molecule has 5 nitrogen and oxygen atoms in total.